The Bertz CT molecular complexity index is 410. The number of nitrogens with zero attached hydrogens (tertiary/aromatic N) is 1. The van der Waals surface area contributed by atoms with Crippen molar-refractivity contribution < 1.29 is 0 Å². The number of hydrogen-bond donors (Lipinski definition) is 1. The molecule has 0 bridgehead atoms. The second-order valence-electron chi connectivity index (χ2n) is 6.29. The summed E-state index contributed by atoms with van der Waals surface area (Å²) < 4.78 is 1.21. The van der Waals surface area contributed by atoms with E-state index >= 15 is 0 Å². The molecule has 1 aliphatic heterocycles. The van der Waals surface area contributed by atoms with E-state index in [4.69, 9.17) is 0 Å². The van der Waals surface area contributed by atoms with Gasteiger partial charge in [0.05, 0.1) is 0 Å². The second-order valence-corrected chi connectivity index (χ2v) is 8.20. The first-order valence-electron chi connectivity index (χ1n) is 7.75. The van der Waals surface area contributed by atoms with Crippen molar-refractivity contribution in [3.8, 4) is 0 Å². The van der Waals surface area contributed by atoms with E-state index in [0.717, 1.165) is 13.0 Å². The first-order chi connectivity index (χ1) is 9.54. The van der Waals surface area contributed by atoms with E-state index in [0.29, 0.717) is 6.04 Å². The smallest absolute Gasteiger partial charge is 0.0309 e. The highest BCUT2D eigenvalue weighted by Gasteiger charge is 2.36. The number of thiophene rings is 1. The van der Waals surface area contributed by atoms with Crippen LogP contribution in [0.15, 0.2) is 15.9 Å². The maximum Gasteiger partial charge on any atom is 0.0309 e. The molecule has 0 aliphatic carbocycles. The molecule has 2 nitrogen and oxygen atoms in total. The highest BCUT2D eigenvalue weighted by atomic mass is 79.9. The molecule has 0 amide bonds. The van der Waals surface area contributed by atoms with Gasteiger partial charge in [-0.25, -0.2) is 0 Å². The number of nitrogens with one attached hydrogen (secondary N) is 1. The maximum absolute atomic E-state index is 3.79. The summed E-state index contributed by atoms with van der Waals surface area (Å²) in [4.78, 5) is 4.14. The van der Waals surface area contributed by atoms with Crippen LogP contribution in [0.2, 0.25) is 0 Å². The Morgan fingerprint density at radius 1 is 1.40 bits per heavy atom. The van der Waals surface area contributed by atoms with Crippen LogP contribution in [0.25, 0.3) is 0 Å². The van der Waals surface area contributed by atoms with Crippen LogP contribution in [-0.2, 0) is 6.42 Å². The second kappa shape index (κ2) is 7.39. The summed E-state index contributed by atoms with van der Waals surface area (Å²) in [6.45, 7) is 10.7. The Labute approximate surface area is 136 Å². The molecule has 1 aliphatic rings. The molecular formula is C16H27BrN2S. The van der Waals surface area contributed by atoms with Crippen molar-refractivity contribution in [2.45, 2.75) is 58.0 Å². The van der Waals surface area contributed by atoms with Crippen LogP contribution in [0, 0.1) is 0 Å². The highest BCUT2D eigenvalue weighted by Crippen LogP contribution is 2.29. The molecule has 1 fully saturated rings. The van der Waals surface area contributed by atoms with Crippen LogP contribution in [0.4, 0.5) is 0 Å². The minimum atomic E-state index is 0.224. The fraction of sp³-hybridized carbons (Fsp3) is 0.750. The zero-order chi connectivity index (χ0) is 14.6. The Hall–Kier alpha value is 0.1000. The van der Waals surface area contributed by atoms with Crippen molar-refractivity contribution in [3.05, 3.63) is 20.8 Å². The van der Waals surface area contributed by atoms with Crippen LogP contribution in [0.5, 0.6) is 0 Å². The van der Waals surface area contributed by atoms with Gasteiger partial charge in [-0.05, 0) is 81.2 Å². The molecule has 4 heteroatoms. The molecule has 0 aromatic carbocycles. The van der Waals surface area contributed by atoms with Crippen LogP contribution in [0.1, 0.15) is 44.9 Å². The standard InChI is InChI=1S/C16H27BrN2S/c1-4-7-18-15(11-14-10-13(17)12-20-14)16(2,3)19-8-5-6-9-19/h10,12,15,18H,4-9,11H2,1-3H3. The van der Waals surface area contributed by atoms with Crippen LogP contribution < -0.4 is 5.32 Å². The topological polar surface area (TPSA) is 15.3 Å². The number of halogens is 1. The van der Waals surface area contributed by atoms with Gasteiger partial charge in [0.2, 0.25) is 0 Å². The lowest BCUT2D eigenvalue weighted by molar-refractivity contribution is 0.107. The average Bonchev–Trinajstić information content (AvgIpc) is 3.05. The Kier molecular flexibility index (Phi) is 6.09. The lowest BCUT2D eigenvalue weighted by Crippen LogP contribution is -2.57. The lowest BCUT2D eigenvalue weighted by Gasteiger charge is -2.42. The molecule has 2 heterocycles. The van der Waals surface area contributed by atoms with Gasteiger partial charge in [0.1, 0.15) is 0 Å². The third-order valence-corrected chi connectivity index (χ3v) is 6.16. The molecule has 1 aromatic rings. The van der Waals surface area contributed by atoms with Crippen molar-refractivity contribution in [1.82, 2.24) is 10.2 Å². The summed E-state index contributed by atoms with van der Waals surface area (Å²) in [5.41, 5.74) is 0.224. The van der Waals surface area contributed by atoms with E-state index < -0.39 is 0 Å². The molecule has 114 valence electrons. The molecule has 1 saturated heterocycles. The minimum Gasteiger partial charge on any atom is -0.312 e. The van der Waals surface area contributed by atoms with Gasteiger partial charge < -0.3 is 5.32 Å². The van der Waals surface area contributed by atoms with Crippen LogP contribution >= 0.6 is 27.3 Å². The van der Waals surface area contributed by atoms with Gasteiger partial charge in [-0.2, -0.15) is 0 Å². The zero-order valence-electron chi connectivity index (χ0n) is 12.9. The van der Waals surface area contributed by atoms with Crippen molar-refractivity contribution in [2.75, 3.05) is 19.6 Å². The van der Waals surface area contributed by atoms with E-state index in [9.17, 15) is 0 Å². The SMILES string of the molecule is CCCNC(Cc1cc(Br)cs1)C(C)(C)N1CCCC1. The summed E-state index contributed by atoms with van der Waals surface area (Å²) >= 11 is 5.44. The Morgan fingerprint density at radius 3 is 2.65 bits per heavy atom. The van der Waals surface area contributed by atoms with Crippen LogP contribution in [0.3, 0.4) is 0 Å². The summed E-state index contributed by atoms with van der Waals surface area (Å²) in [5, 5.41) is 5.98. The van der Waals surface area contributed by atoms with Gasteiger partial charge in [0.25, 0.3) is 0 Å². The number of rotatable bonds is 7. The van der Waals surface area contributed by atoms with Crippen molar-refractivity contribution in [1.29, 1.82) is 0 Å². The Balaban J connectivity index is 2.08. The third-order valence-electron chi connectivity index (χ3n) is 4.44. The molecule has 1 atom stereocenters. The molecule has 1 unspecified atom stereocenters. The zero-order valence-corrected chi connectivity index (χ0v) is 15.3. The largest absolute Gasteiger partial charge is 0.312 e. The highest BCUT2D eigenvalue weighted by molar-refractivity contribution is 9.10. The molecule has 0 spiro atoms. The molecule has 1 aromatic heterocycles. The summed E-state index contributed by atoms with van der Waals surface area (Å²) in [6, 6.07) is 2.79. The summed E-state index contributed by atoms with van der Waals surface area (Å²) in [7, 11) is 0. The first-order valence-corrected chi connectivity index (χ1v) is 9.42. The lowest BCUT2D eigenvalue weighted by atomic mass is 9.89. The molecule has 1 N–H and O–H groups in total. The quantitative estimate of drug-likeness (QED) is 0.781. The average molecular weight is 359 g/mol. The minimum absolute atomic E-state index is 0.224. The van der Waals surface area contributed by atoms with E-state index in [1.807, 2.05) is 11.3 Å². The molecular weight excluding hydrogens is 332 g/mol. The molecule has 2 rings (SSSR count). The molecule has 0 radical (unpaired) electrons. The van der Waals surface area contributed by atoms with Crippen molar-refractivity contribution >= 4 is 27.3 Å². The predicted molar refractivity (Wildman–Crippen MR) is 92.7 cm³/mol. The molecule has 20 heavy (non-hydrogen) atoms. The normalized spacial score (nSPS) is 18.6. The van der Waals surface area contributed by atoms with Gasteiger partial charge in [-0.15, -0.1) is 11.3 Å². The maximum atomic E-state index is 3.79. The van der Waals surface area contributed by atoms with E-state index in [1.165, 1.54) is 41.7 Å². The number of hydrogen-bond acceptors (Lipinski definition) is 3. The van der Waals surface area contributed by atoms with E-state index in [1.54, 1.807) is 0 Å². The van der Waals surface area contributed by atoms with Crippen molar-refractivity contribution in [2.24, 2.45) is 0 Å². The van der Waals surface area contributed by atoms with Crippen LogP contribution in [-0.4, -0.2) is 36.1 Å². The Morgan fingerprint density at radius 2 is 2.10 bits per heavy atom. The van der Waals surface area contributed by atoms with E-state index in [2.05, 4.69) is 58.4 Å². The molecule has 0 saturated carbocycles. The fourth-order valence-electron chi connectivity index (χ4n) is 3.07. The van der Waals surface area contributed by atoms with Gasteiger partial charge in [0.15, 0.2) is 0 Å². The third kappa shape index (κ3) is 4.06. The monoisotopic (exact) mass is 358 g/mol. The van der Waals surface area contributed by atoms with Gasteiger partial charge in [-0.1, -0.05) is 6.92 Å². The van der Waals surface area contributed by atoms with E-state index in [-0.39, 0.29) is 5.54 Å². The number of likely N-dealkylation sites (tertiary alicyclic amines) is 1. The predicted octanol–water partition coefficient (Wildman–Crippen LogP) is 4.30. The van der Waals surface area contributed by atoms with Gasteiger partial charge in [-0.3, -0.25) is 4.90 Å². The van der Waals surface area contributed by atoms with Gasteiger partial charge in [0, 0.05) is 26.3 Å². The van der Waals surface area contributed by atoms with Crippen molar-refractivity contribution in [3.63, 3.8) is 0 Å². The summed E-state index contributed by atoms with van der Waals surface area (Å²) in [6.07, 6.45) is 5.03. The van der Waals surface area contributed by atoms with Gasteiger partial charge >= 0.3 is 0 Å². The fourth-order valence-corrected chi connectivity index (χ4v) is 4.56. The first kappa shape index (κ1) is 16.5. The summed E-state index contributed by atoms with van der Waals surface area (Å²) in [5.74, 6) is 0.